The summed E-state index contributed by atoms with van der Waals surface area (Å²) in [5.74, 6) is 0.688. The van der Waals surface area contributed by atoms with Crippen molar-refractivity contribution < 1.29 is 14.3 Å². The number of aliphatic imine (C=N–C) groups is 1. The number of carbonyl (C=O) groups is 1. The van der Waals surface area contributed by atoms with Gasteiger partial charge in [-0.2, -0.15) is 0 Å². The van der Waals surface area contributed by atoms with Gasteiger partial charge in [-0.1, -0.05) is 19.8 Å². The molecule has 0 aromatic carbocycles. The van der Waals surface area contributed by atoms with Crippen LogP contribution in [0.15, 0.2) is 4.99 Å². The SMILES string of the molecule is CCCCOCCCNC(=NC)NCCCCCC(=O)OC.I. The number of nitrogens with zero attached hydrogens (tertiary/aromatic N) is 1. The van der Waals surface area contributed by atoms with Crippen LogP contribution in [0.2, 0.25) is 0 Å². The van der Waals surface area contributed by atoms with E-state index in [1.165, 1.54) is 13.5 Å². The normalized spacial score (nSPS) is 10.8. The molecule has 0 fully saturated rings. The third-order valence-corrected chi connectivity index (χ3v) is 3.20. The van der Waals surface area contributed by atoms with E-state index < -0.39 is 0 Å². The van der Waals surface area contributed by atoms with E-state index in [0.717, 1.165) is 64.4 Å². The Hall–Kier alpha value is -0.570. The Bertz CT molecular complexity index is 302. The molecule has 0 rings (SSSR count). The maximum atomic E-state index is 11.0. The number of unbranched alkanes of at least 4 members (excludes halogenated alkanes) is 3. The minimum Gasteiger partial charge on any atom is -0.469 e. The van der Waals surface area contributed by atoms with Crippen molar-refractivity contribution >= 4 is 35.9 Å². The lowest BCUT2D eigenvalue weighted by molar-refractivity contribution is -0.140. The van der Waals surface area contributed by atoms with Crippen LogP contribution in [-0.2, 0) is 14.3 Å². The van der Waals surface area contributed by atoms with Crippen molar-refractivity contribution in [1.29, 1.82) is 0 Å². The first-order valence-electron chi connectivity index (χ1n) is 8.33. The molecule has 0 spiro atoms. The molecule has 0 aromatic heterocycles. The Labute approximate surface area is 158 Å². The van der Waals surface area contributed by atoms with Crippen LogP contribution in [-0.4, -0.2) is 52.4 Å². The smallest absolute Gasteiger partial charge is 0.305 e. The second-order valence-corrected chi connectivity index (χ2v) is 5.13. The van der Waals surface area contributed by atoms with Crippen LogP contribution in [0.4, 0.5) is 0 Å². The molecule has 0 aliphatic carbocycles. The fraction of sp³-hybridized carbons (Fsp3) is 0.875. The van der Waals surface area contributed by atoms with Crippen LogP contribution in [0.5, 0.6) is 0 Å². The van der Waals surface area contributed by atoms with Gasteiger partial charge in [-0.25, -0.2) is 0 Å². The van der Waals surface area contributed by atoms with Gasteiger partial charge in [0.25, 0.3) is 0 Å². The Morgan fingerprint density at radius 1 is 1.00 bits per heavy atom. The fourth-order valence-corrected chi connectivity index (χ4v) is 1.83. The lowest BCUT2D eigenvalue weighted by atomic mass is 10.2. The highest BCUT2D eigenvalue weighted by Crippen LogP contribution is 1.99. The molecule has 0 aromatic rings. The molecular weight excluding hydrogens is 409 g/mol. The van der Waals surface area contributed by atoms with Gasteiger partial charge in [0.2, 0.25) is 0 Å². The maximum Gasteiger partial charge on any atom is 0.305 e. The molecule has 0 unspecified atom stereocenters. The number of guanidine groups is 1. The Kier molecular flexibility index (Phi) is 20.9. The first kappa shape index (κ1) is 24.7. The molecule has 6 nitrogen and oxygen atoms in total. The number of esters is 1. The van der Waals surface area contributed by atoms with Crippen LogP contribution in [0.25, 0.3) is 0 Å². The molecule has 0 radical (unpaired) electrons. The van der Waals surface area contributed by atoms with E-state index >= 15 is 0 Å². The van der Waals surface area contributed by atoms with Gasteiger partial charge in [-0.05, 0) is 25.7 Å². The van der Waals surface area contributed by atoms with E-state index in [9.17, 15) is 4.79 Å². The molecule has 0 amide bonds. The maximum absolute atomic E-state index is 11.0. The van der Waals surface area contributed by atoms with E-state index in [4.69, 9.17) is 4.74 Å². The van der Waals surface area contributed by atoms with Crippen molar-refractivity contribution in [2.75, 3.05) is 40.5 Å². The summed E-state index contributed by atoms with van der Waals surface area (Å²) in [5, 5.41) is 6.53. The third kappa shape index (κ3) is 17.6. The van der Waals surface area contributed by atoms with Crippen molar-refractivity contribution in [3.8, 4) is 0 Å². The second-order valence-electron chi connectivity index (χ2n) is 5.13. The zero-order valence-electron chi connectivity index (χ0n) is 14.9. The molecule has 138 valence electrons. The predicted octanol–water partition coefficient (Wildman–Crippen LogP) is 2.71. The zero-order valence-corrected chi connectivity index (χ0v) is 17.2. The Morgan fingerprint density at radius 2 is 1.65 bits per heavy atom. The molecule has 0 heterocycles. The highest BCUT2D eigenvalue weighted by atomic mass is 127. The lowest BCUT2D eigenvalue weighted by Crippen LogP contribution is -2.38. The van der Waals surface area contributed by atoms with Crippen molar-refractivity contribution in [2.45, 2.75) is 51.9 Å². The number of nitrogens with one attached hydrogen (secondary N) is 2. The summed E-state index contributed by atoms with van der Waals surface area (Å²) in [6.07, 6.45) is 6.67. The number of carbonyl (C=O) groups excluding carboxylic acids is 1. The van der Waals surface area contributed by atoms with Crippen molar-refractivity contribution in [3.05, 3.63) is 0 Å². The van der Waals surface area contributed by atoms with E-state index in [-0.39, 0.29) is 29.9 Å². The van der Waals surface area contributed by atoms with Gasteiger partial charge in [0, 0.05) is 39.8 Å². The summed E-state index contributed by atoms with van der Waals surface area (Å²) in [7, 11) is 3.19. The van der Waals surface area contributed by atoms with Gasteiger partial charge in [-0.15, -0.1) is 24.0 Å². The first-order chi connectivity index (χ1) is 10.7. The number of hydrogen-bond donors (Lipinski definition) is 2. The van der Waals surface area contributed by atoms with Gasteiger partial charge >= 0.3 is 5.97 Å². The molecule has 0 aliphatic heterocycles. The quantitative estimate of drug-likeness (QED) is 0.151. The van der Waals surface area contributed by atoms with Gasteiger partial charge in [0.1, 0.15) is 0 Å². The lowest BCUT2D eigenvalue weighted by Gasteiger charge is -2.11. The summed E-state index contributed by atoms with van der Waals surface area (Å²) < 4.78 is 10.1. The average molecular weight is 443 g/mol. The number of ether oxygens (including phenoxy) is 2. The molecule has 23 heavy (non-hydrogen) atoms. The minimum atomic E-state index is -0.133. The summed E-state index contributed by atoms with van der Waals surface area (Å²) >= 11 is 0. The largest absolute Gasteiger partial charge is 0.469 e. The molecule has 0 atom stereocenters. The van der Waals surface area contributed by atoms with Crippen LogP contribution >= 0.6 is 24.0 Å². The average Bonchev–Trinajstić information content (AvgIpc) is 2.54. The molecule has 0 saturated heterocycles. The Balaban J connectivity index is 0. The summed E-state index contributed by atoms with van der Waals surface area (Å²) in [6.45, 7) is 5.52. The first-order valence-corrected chi connectivity index (χ1v) is 8.33. The number of rotatable bonds is 13. The molecule has 2 N–H and O–H groups in total. The van der Waals surface area contributed by atoms with Crippen molar-refractivity contribution in [1.82, 2.24) is 10.6 Å². The highest BCUT2D eigenvalue weighted by Gasteiger charge is 2.00. The molecular formula is C16H34IN3O3. The molecule has 7 heteroatoms. The topological polar surface area (TPSA) is 72.0 Å². The summed E-state index contributed by atoms with van der Waals surface area (Å²) in [6, 6.07) is 0. The van der Waals surface area contributed by atoms with Crippen molar-refractivity contribution in [2.24, 2.45) is 4.99 Å². The second kappa shape index (κ2) is 19.5. The molecule has 0 bridgehead atoms. The van der Waals surface area contributed by atoms with E-state index in [0.29, 0.717) is 6.42 Å². The Morgan fingerprint density at radius 3 is 2.26 bits per heavy atom. The van der Waals surface area contributed by atoms with E-state index in [1.54, 1.807) is 7.05 Å². The highest BCUT2D eigenvalue weighted by molar-refractivity contribution is 14.0. The number of methoxy groups -OCH3 is 1. The summed E-state index contributed by atoms with van der Waals surface area (Å²) in [5.41, 5.74) is 0. The molecule has 0 saturated carbocycles. The van der Waals surface area contributed by atoms with Gasteiger partial charge in [0.15, 0.2) is 5.96 Å². The number of hydrogen-bond acceptors (Lipinski definition) is 4. The zero-order chi connectivity index (χ0) is 16.5. The van der Waals surface area contributed by atoms with E-state index in [2.05, 4.69) is 27.3 Å². The van der Waals surface area contributed by atoms with Crippen LogP contribution in [0.1, 0.15) is 51.9 Å². The van der Waals surface area contributed by atoms with Gasteiger partial charge < -0.3 is 20.1 Å². The van der Waals surface area contributed by atoms with Crippen LogP contribution in [0.3, 0.4) is 0 Å². The predicted molar refractivity (Wildman–Crippen MR) is 106 cm³/mol. The monoisotopic (exact) mass is 443 g/mol. The van der Waals surface area contributed by atoms with Crippen LogP contribution < -0.4 is 10.6 Å². The summed E-state index contributed by atoms with van der Waals surface area (Å²) in [4.78, 5) is 15.1. The van der Waals surface area contributed by atoms with Gasteiger partial charge in [0.05, 0.1) is 7.11 Å². The van der Waals surface area contributed by atoms with Crippen LogP contribution in [0, 0.1) is 0 Å². The fourth-order valence-electron chi connectivity index (χ4n) is 1.83. The number of halogens is 1. The third-order valence-electron chi connectivity index (χ3n) is 3.20. The van der Waals surface area contributed by atoms with E-state index in [1.807, 2.05) is 0 Å². The standard InChI is InChI=1S/C16H33N3O3.HI/c1-4-5-13-22-14-9-12-19-16(17-2)18-11-8-6-7-10-15(20)21-3;/h4-14H2,1-3H3,(H2,17,18,19);1H. The van der Waals surface area contributed by atoms with Gasteiger partial charge in [-0.3, -0.25) is 9.79 Å². The molecule has 0 aliphatic rings. The minimum absolute atomic E-state index is 0. The van der Waals surface area contributed by atoms with Crippen molar-refractivity contribution in [3.63, 3.8) is 0 Å².